The fourth-order valence-corrected chi connectivity index (χ4v) is 3.42. The average Bonchev–Trinajstić information content (AvgIpc) is 2.68. The van der Waals surface area contributed by atoms with E-state index in [0.29, 0.717) is 0 Å². The van der Waals surface area contributed by atoms with E-state index >= 15 is 0 Å². The molecule has 0 spiro atoms. The zero-order chi connectivity index (χ0) is 19.5. The first-order chi connectivity index (χ1) is 13.1. The van der Waals surface area contributed by atoms with Crippen LogP contribution in [0.2, 0.25) is 0 Å². The van der Waals surface area contributed by atoms with Crippen molar-refractivity contribution in [1.29, 1.82) is 0 Å². The smallest absolute Gasteiger partial charge is 0.169 e. The second-order valence-electron chi connectivity index (χ2n) is 7.38. The van der Waals surface area contributed by atoms with Crippen molar-refractivity contribution in [2.75, 3.05) is 64.9 Å². The maximum Gasteiger partial charge on any atom is 0.169 e. The molecular weight excluding hydrogens is 356 g/mol. The quantitative estimate of drug-likeness (QED) is 0.487. The lowest BCUT2D eigenvalue weighted by Crippen LogP contribution is -2.42. The molecule has 1 N–H and O–H groups in total. The summed E-state index contributed by atoms with van der Waals surface area (Å²) in [4.78, 5) is 6.93. The summed E-state index contributed by atoms with van der Waals surface area (Å²) in [5, 5.41) is 4.31. The fraction of sp³-hybridized carbons (Fsp3) is 0.667. The van der Waals surface area contributed by atoms with Gasteiger partial charge < -0.3 is 19.9 Å². The zero-order valence-electron chi connectivity index (χ0n) is 17.2. The van der Waals surface area contributed by atoms with Crippen molar-refractivity contribution in [1.82, 2.24) is 15.1 Å². The SMILES string of the molecule is CCCCNC(=S)N(CCCN1CCOCC1)Cc1ccc(N(C)C)cc1. The van der Waals surface area contributed by atoms with Gasteiger partial charge in [-0.1, -0.05) is 25.5 Å². The minimum absolute atomic E-state index is 0.856. The second kappa shape index (κ2) is 12.2. The Morgan fingerprint density at radius 1 is 1.15 bits per heavy atom. The normalized spacial score (nSPS) is 14.8. The van der Waals surface area contributed by atoms with Crippen LogP contribution in [0.3, 0.4) is 0 Å². The van der Waals surface area contributed by atoms with Crippen LogP contribution in [-0.4, -0.2) is 74.9 Å². The molecule has 152 valence electrons. The number of hydrogen-bond acceptors (Lipinski definition) is 4. The van der Waals surface area contributed by atoms with Crippen LogP contribution in [0.4, 0.5) is 5.69 Å². The van der Waals surface area contributed by atoms with Gasteiger partial charge in [-0.15, -0.1) is 0 Å². The van der Waals surface area contributed by atoms with Crippen LogP contribution in [0.5, 0.6) is 0 Å². The van der Waals surface area contributed by atoms with Crippen molar-refractivity contribution >= 4 is 23.0 Å². The molecule has 0 radical (unpaired) electrons. The largest absolute Gasteiger partial charge is 0.379 e. The highest BCUT2D eigenvalue weighted by molar-refractivity contribution is 7.80. The number of hydrogen-bond donors (Lipinski definition) is 1. The predicted molar refractivity (Wildman–Crippen MR) is 119 cm³/mol. The number of nitrogens with zero attached hydrogens (tertiary/aromatic N) is 3. The third-order valence-electron chi connectivity index (χ3n) is 4.93. The zero-order valence-corrected chi connectivity index (χ0v) is 18.1. The van der Waals surface area contributed by atoms with Gasteiger partial charge >= 0.3 is 0 Å². The molecule has 0 bridgehead atoms. The second-order valence-corrected chi connectivity index (χ2v) is 7.76. The molecule has 1 saturated heterocycles. The Balaban J connectivity index is 1.90. The maximum absolute atomic E-state index is 5.70. The number of anilines is 1. The van der Waals surface area contributed by atoms with E-state index in [-0.39, 0.29) is 0 Å². The van der Waals surface area contributed by atoms with Gasteiger partial charge in [-0.3, -0.25) is 4.90 Å². The van der Waals surface area contributed by atoms with E-state index in [1.54, 1.807) is 0 Å². The molecule has 0 saturated carbocycles. The van der Waals surface area contributed by atoms with Gasteiger partial charge in [0.15, 0.2) is 5.11 Å². The monoisotopic (exact) mass is 392 g/mol. The van der Waals surface area contributed by atoms with Gasteiger partial charge in [-0.2, -0.15) is 0 Å². The van der Waals surface area contributed by atoms with Gasteiger partial charge in [0.05, 0.1) is 13.2 Å². The lowest BCUT2D eigenvalue weighted by Gasteiger charge is -2.30. The molecule has 6 heteroatoms. The van der Waals surface area contributed by atoms with Crippen LogP contribution >= 0.6 is 12.2 Å². The molecule has 0 aliphatic carbocycles. The number of unbranched alkanes of at least 4 members (excludes halogenated alkanes) is 1. The Kier molecular flexibility index (Phi) is 9.87. The minimum Gasteiger partial charge on any atom is -0.379 e. The molecule has 0 unspecified atom stereocenters. The van der Waals surface area contributed by atoms with E-state index in [2.05, 4.69) is 65.3 Å². The summed E-state index contributed by atoms with van der Waals surface area (Å²) in [6, 6.07) is 8.77. The van der Waals surface area contributed by atoms with Gasteiger partial charge in [-0.05, 0) is 42.8 Å². The Bertz CT molecular complexity index is 544. The summed E-state index contributed by atoms with van der Waals surface area (Å²) >= 11 is 5.70. The van der Waals surface area contributed by atoms with Crippen molar-refractivity contribution in [3.8, 4) is 0 Å². The predicted octanol–water partition coefficient (Wildman–Crippen LogP) is 2.95. The number of thiocarbonyl (C=S) groups is 1. The highest BCUT2D eigenvalue weighted by atomic mass is 32.1. The summed E-state index contributed by atoms with van der Waals surface area (Å²) < 4.78 is 5.44. The Labute approximate surface area is 170 Å². The molecule has 0 amide bonds. The van der Waals surface area contributed by atoms with Gasteiger partial charge in [0, 0.05) is 59.1 Å². The molecule has 1 aliphatic heterocycles. The first-order valence-corrected chi connectivity index (χ1v) is 10.6. The summed E-state index contributed by atoms with van der Waals surface area (Å²) in [5.74, 6) is 0. The van der Waals surface area contributed by atoms with Crippen LogP contribution in [-0.2, 0) is 11.3 Å². The van der Waals surface area contributed by atoms with Crippen molar-refractivity contribution < 1.29 is 4.74 Å². The maximum atomic E-state index is 5.70. The van der Waals surface area contributed by atoms with Gasteiger partial charge in [0.1, 0.15) is 0 Å². The lowest BCUT2D eigenvalue weighted by atomic mass is 10.2. The third kappa shape index (κ3) is 8.03. The number of benzene rings is 1. The molecule has 1 heterocycles. The standard InChI is InChI=1S/C21H36N4OS/c1-4-5-11-22-21(27)25(13-6-12-24-14-16-26-17-15-24)18-19-7-9-20(10-8-19)23(2)3/h7-10H,4-6,11-18H2,1-3H3,(H,22,27). The summed E-state index contributed by atoms with van der Waals surface area (Å²) in [6.45, 7) is 9.91. The van der Waals surface area contributed by atoms with E-state index < -0.39 is 0 Å². The number of rotatable bonds is 10. The molecule has 1 fully saturated rings. The summed E-state index contributed by atoms with van der Waals surface area (Å²) in [6.07, 6.45) is 3.45. The minimum atomic E-state index is 0.856. The van der Waals surface area contributed by atoms with E-state index in [0.717, 1.165) is 70.4 Å². The molecular formula is C21H36N4OS. The van der Waals surface area contributed by atoms with Crippen LogP contribution < -0.4 is 10.2 Å². The molecule has 1 aliphatic rings. The van der Waals surface area contributed by atoms with Crippen molar-refractivity contribution in [2.45, 2.75) is 32.7 Å². The van der Waals surface area contributed by atoms with Crippen LogP contribution in [0.1, 0.15) is 31.7 Å². The van der Waals surface area contributed by atoms with Gasteiger partial charge in [0.2, 0.25) is 0 Å². The highest BCUT2D eigenvalue weighted by Crippen LogP contribution is 2.14. The summed E-state index contributed by atoms with van der Waals surface area (Å²) in [7, 11) is 4.14. The average molecular weight is 393 g/mol. The molecule has 5 nitrogen and oxygen atoms in total. The van der Waals surface area contributed by atoms with Gasteiger partial charge in [-0.25, -0.2) is 0 Å². The molecule has 27 heavy (non-hydrogen) atoms. The Morgan fingerprint density at radius 3 is 2.48 bits per heavy atom. The number of morpholine rings is 1. The van der Waals surface area contributed by atoms with Crippen molar-refractivity contribution in [2.24, 2.45) is 0 Å². The first kappa shape index (κ1) is 21.9. The molecule has 1 aromatic rings. The van der Waals surface area contributed by atoms with E-state index in [4.69, 9.17) is 17.0 Å². The van der Waals surface area contributed by atoms with Gasteiger partial charge in [0.25, 0.3) is 0 Å². The topological polar surface area (TPSA) is 31.0 Å². The lowest BCUT2D eigenvalue weighted by molar-refractivity contribution is 0.0367. The van der Waals surface area contributed by atoms with Crippen molar-refractivity contribution in [3.63, 3.8) is 0 Å². The van der Waals surface area contributed by atoms with Crippen LogP contribution in [0.25, 0.3) is 0 Å². The first-order valence-electron chi connectivity index (χ1n) is 10.2. The highest BCUT2D eigenvalue weighted by Gasteiger charge is 2.13. The number of ether oxygens (including phenoxy) is 1. The third-order valence-corrected chi connectivity index (χ3v) is 5.33. The number of nitrogens with one attached hydrogen (secondary N) is 1. The van der Waals surface area contributed by atoms with Crippen LogP contribution in [0, 0.1) is 0 Å². The van der Waals surface area contributed by atoms with E-state index in [1.807, 2.05) is 0 Å². The van der Waals surface area contributed by atoms with E-state index in [1.165, 1.54) is 17.7 Å². The molecule has 2 rings (SSSR count). The Morgan fingerprint density at radius 2 is 1.85 bits per heavy atom. The molecule has 0 aromatic heterocycles. The molecule has 1 aromatic carbocycles. The fourth-order valence-electron chi connectivity index (χ4n) is 3.17. The van der Waals surface area contributed by atoms with E-state index in [9.17, 15) is 0 Å². The molecule has 0 atom stereocenters. The Hall–Kier alpha value is -1.37. The van der Waals surface area contributed by atoms with Crippen molar-refractivity contribution in [3.05, 3.63) is 29.8 Å². The summed E-state index contributed by atoms with van der Waals surface area (Å²) in [5.41, 5.74) is 2.52. The van der Waals surface area contributed by atoms with Crippen LogP contribution in [0.15, 0.2) is 24.3 Å².